The van der Waals surface area contributed by atoms with Gasteiger partial charge in [-0.05, 0) is 90.8 Å². The maximum absolute atomic E-state index is 13.3. The quantitative estimate of drug-likeness (QED) is 0.113. The van der Waals surface area contributed by atoms with Crippen LogP contribution in [0.15, 0.2) is 48.5 Å². The summed E-state index contributed by atoms with van der Waals surface area (Å²) in [5, 5.41) is 24.2. The van der Waals surface area contributed by atoms with Crippen LogP contribution in [0.2, 0.25) is 0 Å². The molecule has 4 rings (SSSR count). The molecule has 6 amide bonds. The van der Waals surface area contributed by atoms with E-state index in [2.05, 4.69) is 10.6 Å². The smallest absolute Gasteiger partial charge is 0.408 e. The van der Waals surface area contributed by atoms with E-state index in [1.54, 1.807) is 89.5 Å². The predicted octanol–water partition coefficient (Wildman–Crippen LogP) is 1.79. The van der Waals surface area contributed by atoms with Gasteiger partial charge in [0.1, 0.15) is 34.8 Å². The van der Waals surface area contributed by atoms with Gasteiger partial charge in [0, 0.05) is 24.9 Å². The predicted molar refractivity (Wildman–Crippen MR) is 218 cm³/mol. The number of nitrogens with zero attached hydrogens (tertiary/aromatic N) is 4. The lowest BCUT2D eigenvalue weighted by Crippen LogP contribution is -2.63. The number of phenolic OH excluding ortho intramolecular Hbond substituents is 2. The molecular formula is C42H56N6O14. The molecule has 2 aliphatic heterocycles. The lowest BCUT2D eigenvalue weighted by atomic mass is 10.1. The van der Waals surface area contributed by atoms with Crippen LogP contribution in [0.5, 0.6) is 11.5 Å². The number of nitrogens with one attached hydrogen (secondary N) is 2. The van der Waals surface area contributed by atoms with Gasteiger partial charge in [0.25, 0.3) is 0 Å². The highest BCUT2D eigenvalue weighted by molar-refractivity contribution is 6.00. The third-order valence-corrected chi connectivity index (χ3v) is 9.78. The Bertz CT molecular complexity index is 1800. The number of hydrogen-bond acceptors (Lipinski definition) is 16. The Hall–Kier alpha value is -6.28. The largest absolute Gasteiger partial charge is 0.508 e. The highest BCUT2D eigenvalue weighted by Gasteiger charge is 2.41. The Morgan fingerprint density at radius 3 is 1.13 bits per heavy atom. The van der Waals surface area contributed by atoms with Crippen molar-refractivity contribution in [2.45, 2.75) is 104 Å². The van der Waals surface area contributed by atoms with Gasteiger partial charge in [0.2, 0.25) is 23.6 Å². The minimum Gasteiger partial charge on any atom is -0.508 e. The van der Waals surface area contributed by atoms with E-state index in [0.717, 1.165) is 9.80 Å². The van der Waals surface area contributed by atoms with Crippen molar-refractivity contribution in [1.29, 1.82) is 0 Å². The first-order valence-corrected chi connectivity index (χ1v) is 19.9. The number of alkyl carbamates (subject to hydrolysis) is 2. The SMILES string of the molecule is C[C@H]([C@H](C)N1CC(=O)N(COC(=O)[C@H](Cc2ccc(O)cc2)NC(=O)OC(C)(C)C)C(=O)C1)N1CC(=O)N(COC(=O)[C@H](Cc2ccc(O)cc2)NC(=O)OC(C)(C)C)C(=O)C1. The molecule has 4 N–H and O–H groups in total. The molecule has 2 aliphatic rings. The van der Waals surface area contributed by atoms with Gasteiger partial charge in [0.05, 0.1) is 26.2 Å². The summed E-state index contributed by atoms with van der Waals surface area (Å²) in [6.07, 6.45) is -1.89. The Balaban J connectivity index is 1.31. The summed E-state index contributed by atoms with van der Waals surface area (Å²) < 4.78 is 21.3. The zero-order valence-corrected chi connectivity index (χ0v) is 36.2. The van der Waals surface area contributed by atoms with E-state index >= 15 is 0 Å². The minimum absolute atomic E-state index is 0.000980. The number of benzene rings is 2. The number of ether oxygens (including phenoxy) is 4. The van der Waals surface area contributed by atoms with Crippen LogP contribution < -0.4 is 10.6 Å². The van der Waals surface area contributed by atoms with Gasteiger partial charge in [0.15, 0.2) is 13.5 Å². The number of esters is 2. The number of amides is 6. The van der Waals surface area contributed by atoms with Gasteiger partial charge in [-0.2, -0.15) is 0 Å². The fourth-order valence-corrected chi connectivity index (χ4v) is 6.38. The average molecular weight is 869 g/mol. The number of phenols is 2. The number of carbonyl (C=O) groups is 8. The van der Waals surface area contributed by atoms with Crippen LogP contribution in [0.25, 0.3) is 0 Å². The van der Waals surface area contributed by atoms with Crippen LogP contribution in [0.1, 0.15) is 66.5 Å². The van der Waals surface area contributed by atoms with Crippen molar-refractivity contribution in [1.82, 2.24) is 30.2 Å². The van der Waals surface area contributed by atoms with Crippen LogP contribution in [0.3, 0.4) is 0 Å². The molecule has 0 aromatic heterocycles. The standard InChI is InChI=1S/C42H56N6O14/c1-25(45-19-33(51)47(34(52)20-45)23-59-37(55)31(43-39(57)61-41(3,4)5)17-27-9-13-29(49)14-10-27)26(2)46-21-35(53)48(36(54)22-46)24-60-38(56)32(44-40(58)62-42(6,7)8)18-28-11-15-30(50)16-12-28/h9-16,25-26,31-32,49-50H,17-24H2,1-8H3,(H,43,57)(H,44,58)/t25-,26+,31-,32-/m0/s1. The lowest BCUT2D eigenvalue weighted by Gasteiger charge is -2.43. The van der Waals surface area contributed by atoms with Gasteiger partial charge in [-0.25, -0.2) is 29.0 Å². The van der Waals surface area contributed by atoms with Gasteiger partial charge < -0.3 is 39.8 Å². The third kappa shape index (κ3) is 14.4. The van der Waals surface area contributed by atoms with Gasteiger partial charge >= 0.3 is 24.1 Å². The minimum atomic E-state index is -1.27. The molecule has 2 aromatic rings. The van der Waals surface area contributed by atoms with Crippen molar-refractivity contribution in [3.8, 4) is 11.5 Å². The molecule has 0 radical (unpaired) electrons. The third-order valence-electron chi connectivity index (χ3n) is 9.78. The second-order valence-electron chi connectivity index (χ2n) is 17.0. The van der Waals surface area contributed by atoms with E-state index in [4.69, 9.17) is 18.9 Å². The normalized spacial score (nSPS) is 17.4. The van der Waals surface area contributed by atoms with Crippen LogP contribution in [-0.4, -0.2) is 153 Å². The summed E-state index contributed by atoms with van der Waals surface area (Å²) in [6, 6.07) is 8.24. The monoisotopic (exact) mass is 868 g/mol. The van der Waals surface area contributed by atoms with Crippen LogP contribution in [-0.2, 0) is 60.6 Å². The number of hydrogen-bond donors (Lipinski definition) is 4. The van der Waals surface area contributed by atoms with Crippen molar-refractivity contribution in [3.63, 3.8) is 0 Å². The number of imide groups is 2. The Morgan fingerprint density at radius 1 is 0.565 bits per heavy atom. The number of rotatable bonds is 15. The van der Waals surface area contributed by atoms with Crippen molar-refractivity contribution in [2.24, 2.45) is 0 Å². The summed E-state index contributed by atoms with van der Waals surface area (Å²) >= 11 is 0. The van der Waals surface area contributed by atoms with Crippen molar-refractivity contribution < 1.29 is 67.5 Å². The zero-order chi connectivity index (χ0) is 46.1. The zero-order valence-electron chi connectivity index (χ0n) is 36.2. The molecule has 4 atom stereocenters. The highest BCUT2D eigenvalue weighted by atomic mass is 16.6. The Labute approximate surface area is 359 Å². The molecule has 20 heteroatoms. The van der Waals surface area contributed by atoms with E-state index in [0.29, 0.717) is 11.1 Å². The van der Waals surface area contributed by atoms with Crippen molar-refractivity contribution in [3.05, 3.63) is 59.7 Å². The lowest BCUT2D eigenvalue weighted by molar-refractivity contribution is -0.169. The molecule has 0 bridgehead atoms. The molecule has 2 heterocycles. The first-order valence-electron chi connectivity index (χ1n) is 19.9. The second-order valence-corrected chi connectivity index (χ2v) is 17.0. The fraction of sp³-hybridized carbons (Fsp3) is 0.524. The molecular weight excluding hydrogens is 812 g/mol. The van der Waals surface area contributed by atoms with E-state index in [1.165, 1.54) is 24.3 Å². The van der Waals surface area contributed by atoms with Gasteiger partial charge in [-0.15, -0.1) is 0 Å². The first-order chi connectivity index (χ1) is 28.9. The van der Waals surface area contributed by atoms with Crippen LogP contribution in [0.4, 0.5) is 9.59 Å². The van der Waals surface area contributed by atoms with Crippen molar-refractivity contribution >= 4 is 47.8 Å². The summed E-state index contributed by atoms with van der Waals surface area (Å²) in [5.74, 6) is -4.58. The summed E-state index contributed by atoms with van der Waals surface area (Å²) in [4.78, 5) is 109. The summed E-state index contributed by atoms with van der Waals surface area (Å²) in [6.45, 7) is 10.9. The Kier molecular flexibility index (Phi) is 16.0. The van der Waals surface area contributed by atoms with Crippen molar-refractivity contribution in [2.75, 3.05) is 39.6 Å². The van der Waals surface area contributed by atoms with Crippen LogP contribution in [0, 0.1) is 0 Å². The molecule has 0 spiro atoms. The molecule has 2 aromatic carbocycles. The molecule has 0 saturated carbocycles. The number of piperazine rings is 2. The average Bonchev–Trinajstić information content (AvgIpc) is 3.16. The molecule has 338 valence electrons. The maximum Gasteiger partial charge on any atom is 0.408 e. The van der Waals surface area contributed by atoms with E-state index < -0.39 is 96.6 Å². The van der Waals surface area contributed by atoms with E-state index in [1.807, 2.05) is 0 Å². The highest BCUT2D eigenvalue weighted by Crippen LogP contribution is 2.20. The molecule has 2 saturated heterocycles. The molecule has 20 nitrogen and oxygen atoms in total. The Morgan fingerprint density at radius 2 is 0.855 bits per heavy atom. The maximum atomic E-state index is 13.3. The first kappa shape index (κ1) is 48.4. The summed E-state index contributed by atoms with van der Waals surface area (Å²) in [7, 11) is 0. The van der Waals surface area contributed by atoms with Crippen LogP contribution >= 0.6 is 0 Å². The summed E-state index contributed by atoms with van der Waals surface area (Å²) in [5.41, 5.74) is -0.600. The number of carbonyl (C=O) groups excluding carboxylic acids is 8. The molecule has 0 aliphatic carbocycles. The molecule has 2 fully saturated rings. The topological polar surface area (TPSA) is 251 Å². The van der Waals surface area contributed by atoms with Gasteiger partial charge in [-0.1, -0.05) is 24.3 Å². The van der Waals surface area contributed by atoms with Gasteiger partial charge in [-0.3, -0.25) is 29.0 Å². The fourth-order valence-electron chi connectivity index (χ4n) is 6.38. The molecule has 0 unspecified atom stereocenters. The van der Waals surface area contributed by atoms with E-state index in [9.17, 15) is 48.6 Å². The second kappa shape index (κ2) is 20.5. The van der Waals surface area contributed by atoms with E-state index in [-0.39, 0.29) is 50.5 Å². The molecule has 62 heavy (non-hydrogen) atoms. The number of aromatic hydroxyl groups is 2.